The van der Waals surface area contributed by atoms with E-state index < -0.39 is 0 Å². The predicted molar refractivity (Wildman–Crippen MR) is 137 cm³/mol. The van der Waals surface area contributed by atoms with Crippen LogP contribution in [0.25, 0.3) is 5.69 Å². The molecule has 0 saturated carbocycles. The lowest BCUT2D eigenvalue weighted by Gasteiger charge is -2.28. The maximum absolute atomic E-state index is 9.77. The normalized spacial score (nSPS) is 18.7. The molecule has 0 bridgehead atoms. The van der Waals surface area contributed by atoms with Crippen LogP contribution in [-0.2, 0) is 0 Å². The lowest BCUT2D eigenvalue weighted by atomic mass is 9.96. The number of aromatic hydroxyl groups is 1. The molecule has 2 aromatic heterocycles. The van der Waals surface area contributed by atoms with Crippen LogP contribution in [0.2, 0.25) is 0 Å². The number of phenolic OH excluding ortho intramolecular Hbond substituents is 1. The van der Waals surface area contributed by atoms with Gasteiger partial charge in [0.1, 0.15) is 5.75 Å². The van der Waals surface area contributed by atoms with Crippen molar-refractivity contribution in [3.8, 4) is 22.9 Å². The van der Waals surface area contributed by atoms with Gasteiger partial charge in [0.2, 0.25) is 6.79 Å². The van der Waals surface area contributed by atoms with Gasteiger partial charge in [0.05, 0.1) is 17.8 Å². The van der Waals surface area contributed by atoms with Crippen molar-refractivity contribution in [2.45, 2.75) is 25.9 Å². The Bertz CT molecular complexity index is 1420. The minimum absolute atomic E-state index is 0.144. The molecule has 4 aromatic rings. The van der Waals surface area contributed by atoms with Gasteiger partial charge in [0, 0.05) is 35.0 Å². The van der Waals surface area contributed by atoms with Gasteiger partial charge in [0.25, 0.3) is 0 Å². The largest absolute Gasteiger partial charge is 0.508 e. The minimum atomic E-state index is -0.150. The van der Waals surface area contributed by atoms with Crippen LogP contribution in [-0.4, -0.2) is 26.6 Å². The number of anilines is 1. The summed E-state index contributed by atoms with van der Waals surface area (Å²) >= 11 is 5.88. The van der Waals surface area contributed by atoms with Crippen molar-refractivity contribution in [1.29, 1.82) is 0 Å². The molecule has 6 rings (SSSR count). The summed E-state index contributed by atoms with van der Waals surface area (Å²) in [6.45, 7) is 4.42. The van der Waals surface area contributed by atoms with E-state index in [1.165, 1.54) is 0 Å². The second-order valence-electron chi connectivity index (χ2n) is 8.71. The number of aromatic nitrogens is 2. The van der Waals surface area contributed by atoms with E-state index in [1.54, 1.807) is 18.3 Å². The maximum atomic E-state index is 9.77. The summed E-state index contributed by atoms with van der Waals surface area (Å²) in [4.78, 5) is 6.79. The Labute approximate surface area is 208 Å². The van der Waals surface area contributed by atoms with Crippen molar-refractivity contribution in [2.75, 3.05) is 11.7 Å². The van der Waals surface area contributed by atoms with Crippen LogP contribution in [0.3, 0.4) is 0 Å². The van der Waals surface area contributed by atoms with Crippen molar-refractivity contribution in [3.63, 3.8) is 0 Å². The number of hydrogen-bond acceptors (Lipinski definition) is 5. The van der Waals surface area contributed by atoms with E-state index >= 15 is 0 Å². The lowest BCUT2D eigenvalue weighted by Crippen LogP contribution is -2.29. The van der Waals surface area contributed by atoms with Gasteiger partial charge < -0.3 is 29.4 Å². The highest BCUT2D eigenvalue weighted by atomic mass is 32.1. The summed E-state index contributed by atoms with van der Waals surface area (Å²) in [6.07, 6.45) is 1.81. The average molecular weight is 485 g/mol. The zero-order valence-corrected chi connectivity index (χ0v) is 20.1. The van der Waals surface area contributed by atoms with Gasteiger partial charge in [-0.2, -0.15) is 0 Å². The number of hydrogen-bond donors (Lipinski definition) is 2. The van der Waals surface area contributed by atoms with E-state index in [9.17, 15) is 5.11 Å². The molecule has 4 heterocycles. The number of pyridine rings is 1. The van der Waals surface area contributed by atoms with Crippen molar-refractivity contribution < 1.29 is 14.6 Å². The number of ether oxygens (including phenoxy) is 2. The van der Waals surface area contributed by atoms with E-state index in [1.807, 2.05) is 48.5 Å². The summed E-state index contributed by atoms with van der Waals surface area (Å²) in [5.41, 5.74) is 6.14. The van der Waals surface area contributed by atoms with Gasteiger partial charge in [-0.3, -0.25) is 4.98 Å². The first-order valence-corrected chi connectivity index (χ1v) is 11.8. The third-order valence-electron chi connectivity index (χ3n) is 6.63. The topological polar surface area (TPSA) is 71.8 Å². The molecular weight excluding hydrogens is 460 g/mol. The quantitative estimate of drug-likeness (QED) is 0.391. The molecule has 2 atom stereocenters. The van der Waals surface area contributed by atoms with Crippen molar-refractivity contribution >= 4 is 23.0 Å². The van der Waals surface area contributed by atoms with Crippen molar-refractivity contribution in [1.82, 2.24) is 14.9 Å². The maximum Gasteiger partial charge on any atom is 0.231 e. The van der Waals surface area contributed by atoms with Crippen LogP contribution >= 0.6 is 12.2 Å². The van der Waals surface area contributed by atoms with Crippen molar-refractivity contribution in [3.05, 3.63) is 95.6 Å². The summed E-state index contributed by atoms with van der Waals surface area (Å²) in [5.74, 6) is 1.68. The number of nitrogens with one attached hydrogen (secondary N) is 1. The zero-order valence-electron chi connectivity index (χ0n) is 19.3. The smallest absolute Gasteiger partial charge is 0.231 e. The Morgan fingerprint density at radius 1 is 0.971 bits per heavy atom. The van der Waals surface area contributed by atoms with Crippen LogP contribution in [0.1, 0.15) is 34.7 Å². The average Bonchev–Trinajstić information content (AvgIpc) is 3.55. The Morgan fingerprint density at radius 2 is 1.74 bits per heavy atom. The van der Waals surface area contributed by atoms with Gasteiger partial charge in [-0.05, 0) is 86.2 Å². The number of aryl methyl sites for hydroxylation is 1. The van der Waals surface area contributed by atoms with Gasteiger partial charge >= 0.3 is 0 Å². The Morgan fingerprint density at radius 3 is 2.51 bits per heavy atom. The molecule has 7 nitrogen and oxygen atoms in total. The molecule has 2 aliphatic heterocycles. The van der Waals surface area contributed by atoms with Crippen molar-refractivity contribution in [2.24, 2.45) is 0 Å². The second-order valence-corrected chi connectivity index (χ2v) is 9.10. The molecule has 0 amide bonds. The summed E-state index contributed by atoms with van der Waals surface area (Å²) in [6, 6.07) is 21.0. The van der Waals surface area contributed by atoms with Gasteiger partial charge in [-0.15, -0.1) is 0 Å². The number of fused-ring (bicyclic) bond motifs is 1. The second kappa shape index (κ2) is 8.32. The van der Waals surface area contributed by atoms with Crippen LogP contribution < -0.4 is 19.7 Å². The molecule has 35 heavy (non-hydrogen) atoms. The molecule has 1 fully saturated rings. The first-order chi connectivity index (χ1) is 17.0. The minimum Gasteiger partial charge on any atom is -0.508 e. The van der Waals surface area contributed by atoms with E-state index in [-0.39, 0.29) is 24.6 Å². The Balaban J connectivity index is 1.51. The number of nitrogens with zero attached hydrogens (tertiary/aromatic N) is 3. The fourth-order valence-electron chi connectivity index (χ4n) is 5.07. The van der Waals surface area contributed by atoms with E-state index in [4.69, 9.17) is 21.7 Å². The van der Waals surface area contributed by atoms with Crippen LogP contribution in [0.5, 0.6) is 17.2 Å². The molecule has 2 N–H and O–H groups in total. The van der Waals surface area contributed by atoms with Crippen LogP contribution in [0.4, 0.5) is 5.69 Å². The van der Waals surface area contributed by atoms with Gasteiger partial charge in [-0.25, -0.2) is 0 Å². The highest BCUT2D eigenvalue weighted by Crippen LogP contribution is 2.46. The van der Waals surface area contributed by atoms with Gasteiger partial charge in [-0.1, -0.05) is 6.07 Å². The highest BCUT2D eigenvalue weighted by molar-refractivity contribution is 7.80. The monoisotopic (exact) mass is 484 g/mol. The number of benzene rings is 2. The molecule has 0 radical (unpaired) electrons. The number of rotatable bonds is 4. The molecule has 176 valence electrons. The van der Waals surface area contributed by atoms with E-state index in [2.05, 4.69) is 39.7 Å². The molecule has 1 saturated heterocycles. The first-order valence-electron chi connectivity index (χ1n) is 11.4. The molecule has 0 spiro atoms. The third kappa shape index (κ3) is 3.57. The van der Waals surface area contributed by atoms with E-state index in [0.717, 1.165) is 39.8 Å². The SMILES string of the molecule is Cc1cc([C@@H]2[C@H](c3ccccn3)NC(=S)N2c2ccc3c(c2)OCO3)c(C)n1-c1ccc(O)cc1. The Kier molecular flexibility index (Phi) is 5.11. The summed E-state index contributed by atoms with van der Waals surface area (Å²) < 4.78 is 13.4. The summed E-state index contributed by atoms with van der Waals surface area (Å²) in [5, 5.41) is 13.9. The predicted octanol–water partition coefficient (Wildman–Crippen LogP) is 5.10. The summed E-state index contributed by atoms with van der Waals surface area (Å²) in [7, 11) is 0. The number of phenols is 1. The van der Waals surface area contributed by atoms with Crippen LogP contribution in [0.15, 0.2) is 72.9 Å². The lowest BCUT2D eigenvalue weighted by molar-refractivity contribution is 0.174. The van der Waals surface area contributed by atoms with Gasteiger partial charge in [0.15, 0.2) is 16.6 Å². The molecule has 0 unspecified atom stereocenters. The van der Waals surface area contributed by atoms with Crippen LogP contribution in [0, 0.1) is 13.8 Å². The first kappa shape index (κ1) is 21.5. The molecule has 8 heteroatoms. The zero-order chi connectivity index (χ0) is 24.1. The number of thiocarbonyl (C=S) groups is 1. The third-order valence-corrected chi connectivity index (χ3v) is 6.94. The molecule has 2 aromatic carbocycles. The fraction of sp³-hybridized carbons (Fsp3) is 0.185. The molecular formula is C27H24N4O3S. The molecule has 2 aliphatic rings. The highest BCUT2D eigenvalue weighted by Gasteiger charge is 2.42. The standard InChI is InChI=1S/C27H24N4O3S/c1-16-13-21(17(2)30(16)18-6-9-20(32)10-7-18)26-25(22-5-3-4-12-28-22)29-27(35)31(26)19-8-11-23-24(14-19)34-15-33-23/h3-14,25-26,32H,15H2,1-2H3,(H,29,35)/t25-,26+/m0/s1. The Hall–Kier alpha value is -4.04. The fourth-order valence-corrected chi connectivity index (χ4v) is 5.42. The molecule has 0 aliphatic carbocycles. The van der Waals surface area contributed by atoms with E-state index in [0.29, 0.717) is 10.9 Å².